The maximum atomic E-state index is 13.4. The second-order valence-corrected chi connectivity index (χ2v) is 12.0. The summed E-state index contributed by atoms with van der Waals surface area (Å²) in [6.45, 7) is 4.30. The average molecular weight is 558 g/mol. The largest absolute Gasteiger partial charge is 0.507 e. The van der Waals surface area contributed by atoms with E-state index in [1.54, 1.807) is 12.1 Å². The Balaban J connectivity index is 1.40. The predicted octanol–water partition coefficient (Wildman–Crippen LogP) is 6.18. The molecular weight excluding hydrogens is 530 g/mol. The van der Waals surface area contributed by atoms with E-state index in [1.165, 1.54) is 23.3 Å². The Labute approximate surface area is 230 Å². The summed E-state index contributed by atoms with van der Waals surface area (Å²) < 4.78 is 32.6. The zero-order valence-electron chi connectivity index (χ0n) is 21.9. The number of aromatic amines is 1. The first kappa shape index (κ1) is 25.8. The molecule has 1 fully saturated rings. The van der Waals surface area contributed by atoms with Crippen LogP contribution < -0.4 is 0 Å². The molecule has 1 aliphatic heterocycles. The lowest BCUT2D eigenvalue weighted by Gasteiger charge is -2.23. The number of aromatic hydroxyl groups is 1. The number of phenolic OH excluding ortho intramolecular Hbond substituents is 1. The summed E-state index contributed by atoms with van der Waals surface area (Å²) in [5.74, 6) is 0.383. The first-order valence-corrected chi connectivity index (χ1v) is 14.3. The third kappa shape index (κ3) is 4.44. The molecule has 40 heavy (non-hydrogen) atoms. The number of nitrogens with one attached hydrogen (secondary N) is 1. The Hall–Kier alpha value is -4.41. The number of hydrogen-bond donors (Lipinski definition) is 3. The van der Waals surface area contributed by atoms with Gasteiger partial charge in [-0.3, -0.25) is 0 Å². The maximum absolute atomic E-state index is 13.4. The third-order valence-electron chi connectivity index (χ3n) is 7.49. The smallest absolute Gasteiger partial charge is 0.507 e. The quantitative estimate of drug-likeness (QED) is 0.220. The number of carbonyl (C=O) groups is 1. The van der Waals surface area contributed by atoms with Crippen molar-refractivity contribution in [3.63, 3.8) is 0 Å². The van der Waals surface area contributed by atoms with Crippen molar-refractivity contribution in [1.29, 1.82) is 0 Å². The molecule has 3 N–H and O–H groups in total. The van der Waals surface area contributed by atoms with E-state index in [9.17, 15) is 18.3 Å². The number of nitrogens with zero attached hydrogens (tertiary/aromatic N) is 2. The molecule has 4 aromatic carbocycles. The van der Waals surface area contributed by atoms with Crippen molar-refractivity contribution in [2.24, 2.45) is 0 Å². The fraction of sp³-hybridized carbons (Fsp3) is 0.200. The van der Waals surface area contributed by atoms with Crippen molar-refractivity contribution in [1.82, 2.24) is 14.3 Å². The summed E-state index contributed by atoms with van der Waals surface area (Å²) in [5, 5.41) is 20.9. The van der Waals surface area contributed by atoms with E-state index in [0.29, 0.717) is 34.1 Å². The zero-order chi connectivity index (χ0) is 28.2. The van der Waals surface area contributed by atoms with E-state index in [1.807, 2.05) is 18.2 Å². The maximum Gasteiger partial charge on any atom is 0.507 e. The highest BCUT2D eigenvalue weighted by atomic mass is 32.2. The molecule has 0 amide bonds. The van der Waals surface area contributed by atoms with Crippen molar-refractivity contribution in [3.8, 4) is 28.3 Å². The minimum absolute atomic E-state index is 0.127. The fourth-order valence-electron chi connectivity index (χ4n) is 5.29. The Morgan fingerprint density at radius 1 is 1.00 bits per heavy atom. The van der Waals surface area contributed by atoms with Gasteiger partial charge in [0.15, 0.2) is 6.23 Å². The van der Waals surface area contributed by atoms with Crippen LogP contribution in [0.3, 0.4) is 0 Å². The Kier molecular flexibility index (Phi) is 6.24. The third-order valence-corrected chi connectivity index (χ3v) is 9.36. The molecule has 0 bridgehead atoms. The number of imidazole rings is 1. The van der Waals surface area contributed by atoms with Crippen LogP contribution in [0.15, 0.2) is 71.6 Å². The van der Waals surface area contributed by atoms with Gasteiger partial charge in [-0.05, 0) is 66.1 Å². The zero-order valence-corrected chi connectivity index (χ0v) is 22.7. The van der Waals surface area contributed by atoms with Gasteiger partial charge in [-0.2, -0.15) is 4.31 Å². The highest BCUT2D eigenvalue weighted by Gasteiger charge is 2.38. The van der Waals surface area contributed by atoms with E-state index in [4.69, 9.17) is 14.8 Å². The number of aromatic nitrogens is 2. The van der Waals surface area contributed by atoms with Gasteiger partial charge < -0.3 is 19.9 Å². The molecule has 6 rings (SSSR count). The van der Waals surface area contributed by atoms with Gasteiger partial charge >= 0.3 is 6.16 Å². The highest BCUT2D eigenvalue weighted by Crippen LogP contribution is 2.37. The minimum Gasteiger partial charge on any atom is -0.507 e. The van der Waals surface area contributed by atoms with E-state index in [-0.39, 0.29) is 23.6 Å². The van der Waals surface area contributed by atoms with Crippen LogP contribution in [0, 0.1) is 13.8 Å². The molecule has 1 aromatic heterocycles. The van der Waals surface area contributed by atoms with Crippen LogP contribution in [0.2, 0.25) is 0 Å². The van der Waals surface area contributed by atoms with Crippen LogP contribution in [0.5, 0.6) is 5.75 Å². The molecule has 1 atom stereocenters. The van der Waals surface area contributed by atoms with Crippen LogP contribution in [0.4, 0.5) is 4.79 Å². The highest BCUT2D eigenvalue weighted by molar-refractivity contribution is 7.89. The number of sulfonamides is 1. The number of phenols is 1. The first-order valence-electron chi connectivity index (χ1n) is 12.9. The molecule has 9 nitrogen and oxygen atoms in total. The molecule has 2 heterocycles. The average Bonchev–Trinajstić information content (AvgIpc) is 3.57. The van der Waals surface area contributed by atoms with Crippen LogP contribution in [0.1, 0.15) is 24.0 Å². The lowest BCUT2D eigenvalue weighted by Crippen LogP contribution is -2.38. The molecule has 0 unspecified atom stereocenters. The van der Waals surface area contributed by atoms with Gasteiger partial charge in [0, 0.05) is 24.6 Å². The van der Waals surface area contributed by atoms with Gasteiger partial charge in [0.05, 0.1) is 15.8 Å². The second-order valence-electron chi connectivity index (χ2n) is 10.1. The standard InChI is InChI=1S/C30H27N3O6S/c1-17-8-9-20(13-18(17)2)19-5-3-6-22(14-19)29-31-24-11-10-21-15-23(16-25(34)27(21)28(24)32-29)40(37,38)33-12-4-7-26(33)39-30(35)36/h3,5-6,8-11,13-16,26,34H,4,7,12H2,1-2H3,(H,31,32)(H,35,36)/t26-/m0/s1. The minimum atomic E-state index is -4.12. The molecule has 1 saturated heterocycles. The summed E-state index contributed by atoms with van der Waals surface area (Å²) >= 11 is 0. The van der Waals surface area contributed by atoms with E-state index >= 15 is 0 Å². The van der Waals surface area contributed by atoms with Gasteiger partial charge in [0.2, 0.25) is 10.0 Å². The molecule has 204 valence electrons. The van der Waals surface area contributed by atoms with Crippen molar-refractivity contribution in [2.75, 3.05) is 6.54 Å². The SMILES string of the molecule is Cc1ccc(-c2cccc(-c3nc4c(ccc5cc(S(=O)(=O)N6CCC[C@@H]6OC(=O)O)cc(O)c54)[nH]3)c2)cc1C. The first-order chi connectivity index (χ1) is 19.1. The molecule has 0 spiro atoms. The Bertz CT molecular complexity index is 1910. The Morgan fingerprint density at radius 2 is 1.77 bits per heavy atom. The molecular formula is C30H27N3O6S. The fourth-order valence-corrected chi connectivity index (χ4v) is 6.92. The monoisotopic (exact) mass is 557 g/mol. The summed E-state index contributed by atoms with van der Waals surface area (Å²) in [7, 11) is -4.12. The number of rotatable bonds is 5. The number of fused-ring (bicyclic) bond motifs is 3. The molecule has 0 saturated carbocycles. The van der Waals surface area contributed by atoms with Gasteiger partial charge in [0.1, 0.15) is 17.1 Å². The number of carboxylic acid groups (broad SMARTS) is 1. The molecule has 0 aliphatic carbocycles. The van der Waals surface area contributed by atoms with Gasteiger partial charge in [-0.15, -0.1) is 0 Å². The van der Waals surface area contributed by atoms with E-state index < -0.39 is 22.4 Å². The molecule has 5 aromatic rings. The summed E-state index contributed by atoms with van der Waals surface area (Å²) in [5.41, 5.74) is 6.68. The normalized spacial score (nSPS) is 16.1. The predicted molar refractivity (Wildman–Crippen MR) is 152 cm³/mol. The van der Waals surface area contributed by atoms with Crippen LogP contribution in [-0.4, -0.2) is 51.8 Å². The molecule has 1 aliphatic rings. The van der Waals surface area contributed by atoms with Crippen molar-refractivity contribution in [3.05, 3.63) is 77.9 Å². The number of H-pyrrole nitrogens is 1. The van der Waals surface area contributed by atoms with E-state index in [0.717, 1.165) is 21.0 Å². The van der Waals surface area contributed by atoms with Crippen LogP contribution in [-0.2, 0) is 14.8 Å². The van der Waals surface area contributed by atoms with Crippen molar-refractivity contribution in [2.45, 2.75) is 37.8 Å². The van der Waals surface area contributed by atoms with Gasteiger partial charge in [-0.25, -0.2) is 18.2 Å². The Morgan fingerprint density at radius 3 is 2.55 bits per heavy atom. The summed E-state index contributed by atoms with van der Waals surface area (Å²) in [4.78, 5) is 19.0. The second kappa shape index (κ2) is 9.65. The number of hydrogen-bond acceptors (Lipinski definition) is 6. The van der Waals surface area contributed by atoms with Gasteiger partial charge in [-0.1, -0.05) is 42.5 Å². The summed E-state index contributed by atoms with van der Waals surface area (Å²) in [6, 6.07) is 20.5. The molecule has 10 heteroatoms. The van der Waals surface area contributed by atoms with E-state index in [2.05, 4.69) is 43.1 Å². The van der Waals surface area contributed by atoms with Gasteiger partial charge in [0.25, 0.3) is 0 Å². The lowest BCUT2D eigenvalue weighted by molar-refractivity contribution is 0.0170. The van der Waals surface area contributed by atoms with Crippen LogP contribution >= 0.6 is 0 Å². The number of benzene rings is 4. The number of aryl methyl sites for hydroxylation is 2. The van der Waals surface area contributed by atoms with Crippen molar-refractivity contribution >= 4 is 38.0 Å². The summed E-state index contributed by atoms with van der Waals surface area (Å²) in [6.07, 6.45) is -1.90. The van der Waals surface area contributed by atoms with Crippen LogP contribution in [0.25, 0.3) is 44.3 Å². The topological polar surface area (TPSA) is 133 Å². The number of ether oxygens (including phenoxy) is 1. The van der Waals surface area contributed by atoms with Crippen molar-refractivity contribution < 1.29 is 28.2 Å². The molecule has 0 radical (unpaired) electrons. The lowest BCUT2D eigenvalue weighted by atomic mass is 9.99.